The molecule has 0 saturated carbocycles. The Kier molecular flexibility index (Phi) is 8.21. The lowest BCUT2D eigenvalue weighted by atomic mass is 9.82. The summed E-state index contributed by atoms with van der Waals surface area (Å²) in [5.74, 6) is 0.311. The monoisotopic (exact) mass is 432 g/mol. The van der Waals surface area contributed by atoms with E-state index in [-0.39, 0.29) is 29.8 Å². The van der Waals surface area contributed by atoms with Crippen LogP contribution in [-0.2, 0) is 14.8 Å². The predicted molar refractivity (Wildman–Crippen MR) is 116 cm³/mol. The summed E-state index contributed by atoms with van der Waals surface area (Å²) in [5.41, 5.74) is 0.126. The van der Waals surface area contributed by atoms with Crippen LogP contribution in [0.25, 0.3) is 0 Å². The largest absolute Gasteiger partial charge is 0.495 e. The third kappa shape index (κ3) is 8.27. The summed E-state index contributed by atoms with van der Waals surface area (Å²) in [6.07, 6.45) is 2.56. The number of ether oxygens (including phenoxy) is 1. The van der Waals surface area contributed by atoms with Crippen molar-refractivity contribution < 1.29 is 17.9 Å². The Morgan fingerprint density at radius 3 is 2.32 bits per heavy atom. The summed E-state index contributed by atoms with van der Waals surface area (Å²) in [5, 5.41) is 3.45. The number of hydrogen-bond donors (Lipinski definition) is 1. The molecule has 0 unspecified atom stereocenters. The van der Waals surface area contributed by atoms with Crippen LogP contribution < -0.4 is 14.4 Å². The Morgan fingerprint density at radius 2 is 1.82 bits per heavy atom. The van der Waals surface area contributed by atoms with Gasteiger partial charge in [0.15, 0.2) is 0 Å². The van der Waals surface area contributed by atoms with Crippen molar-refractivity contribution in [2.75, 3.05) is 24.2 Å². The smallest absolute Gasteiger partial charge is 0.232 e. The summed E-state index contributed by atoms with van der Waals surface area (Å²) in [7, 11) is -2.09. The first-order valence-electron chi connectivity index (χ1n) is 9.27. The number of carbonyl (C=O) groups excluding carboxylic acids is 1. The molecule has 0 radical (unpaired) electrons. The van der Waals surface area contributed by atoms with Gasteiger partial charge in [-0.3, -0.25) is 9.10 Å². The van der Waals surface area contributed by atoms with Crippen molar-refractivity contribution in [3.8, 4) is 5.75 Å². The van der Waals surface area contributed by atoms with Crippen molar-refractivity contribution in [2.24, 2.45) is 5.41 Å². The molecule has 0 atom stereocenters. The molecular weight excluding hydrogens is 400 g/mol. The highest BCUT2D eigenvalue weighted by atomic mass is 35.5. The zero-order chi connectivity index (χ0) is 21.8. The number of sulfonamides is 1. The quantitative estimate of drug-likeness (QED) is 0.633. The topological polar surface area (TPSA) is 75.7 Å². The number of nitrogens with zero attached hydrogens (tertiary/aromatic N) is 1. The van der Waals surface area contributed by atoms with E-state index in [2.05, 4.69) is 26.1 Å². The highest BCUT2D eigenvalue weighted by Gasteiger charge is 2.27. The number of methoxy groups -OCH3 is 1. The van der Waals surface area contributed by atoms with Crippen molar-refractivity contribution in [3.63, 3.8) is 0 Å². The number of anilines is 1. The lowest BCUT2D eigenvalue weighted by Crippen LogP contribution is -2.46. The number of halogens is 1. The SMILES string of the molecule is COc1ccc(Cl)cc1N(CCCC(=O)NC(C)(C)CC(C)(C)C)S(C)(=O)=O. The minimum atomic E-state index is -3.56. The zero-order valence-corrected chi connectivity index (χ0v) is 19.5. The van der Waals surface area contributed by atoms with Crippen LogP contribution in [0.15, 0.2) is 18.2 Å². The van der Waals surface area contributed by atoms with Gasteiger partial charge in [0.2, 0.25) is 15.9 Å². The van der Waals surface area contributed by atoms with Crippen LogP contribution in [0.4, 0.5) is 5.69 Å². The second-order valence-corrected chi connectivity index (χ2v) is 11.3. The lowest BCUT2D eigenvalue weighted by molar-refractivity contribution is -0.123. The molecule has 0 saturated heterocycles. The molecule has 1 amide bonds. The first kappa shape index (κ1) is 24.6. The Labute approximate surface area is 174 Å². The molecule has 0 fully saturated rings. The highest BCUT2D eigenvalue weighted by Crippen LogP contribution is 2.33. The number of hydrogen-bond acceptors (Lipinski definition) is 4. The number of carbonyl (C=O) groups is 1. The van der Waals surface area contributed by atoms with E-state index in [1.165, 1.54) is 11.4 Å². The molecule has 0 heterocycles. The summed E-state index contributed by atoms with van der Waals surface area (Å²) in [4.78, 5) is 12.4. The number of nitrogens with one attached hydrogen (secondary N) is 1. The molecular formula is C20H33ClN2O4S. The van der Waals surface area contributed by atoms with Crippen LogP contribution in [0.2, 0.25) is 5.02 Å². The fourth-order valence-corrected chi connectivity index (χ4v) is 4.64. The molecule has 160 valence electrons. The standard InChI is InChI=1S/C20H33ClN2O4S/c1-19(2,3)14-20(4,5)22-18(24)9-8-12-23(28(7,25)26)16-13-15(21)10-11-17(16)27-6/h10-11,13H,8-9,12,14H2,1-7H3,(H,22,24). The number of rotatable bonds is 9. The molecule has 0 aliphatic carbocycles. The molecule has 0 aliphatic rings. The Balaban J connectivity index is 2.82. The van der Waals surface area contributed by atoms with Crippen molar-refractivity contribution in [1.82, 2.24) is 5.32 Å². The zero-order valence-electron chi connectivity index (χ0n) is 17.9. The minimum Gasteiger partial charge on any atom is -0.495 e. The second kappa shape index (κ2) is 9.35. The maximum atomic E-state index is 12.4. The maximum absolute atomic E-state index is 12.4. The molecule has 0 bridgehead atoms. The van der Waals surface area contributed by atoms with E-state index >= 15 is 0 Å². The van der Waals surface area contributed by atoms with Gasteiger partial charge in [-0.15, -0.1) is 0 Å². The summed E-state index contributed by atoms with van der Waals surface area (Å²) in [6.45, 7) is 10.5. The van der Waals surface area contributed by atoms with E-state index in [1.807, 2.05) is 13.8 Å². The molecule has 8 heteroatoms. The molecule has 1 rings (SSSR count). The van der Waals surface area contributed by atoms with Gasteiger partial charge in [-0.25, -0.2) is 8.42 Å². The van der Waals surface area contributed by atoms with Crippen molar-refractivity contribution in [1.29, 1.82) is 0 Å². The van der Waals surface area contributed by atoms with Gasteiger partial charge in [0, 0.05) is 23.5 Å². The number of benzene rings is 1. The minimum absolute atomic E-state index is 0.0903. The second-order valence-electron chi connectivity index (χ2n) is 8.92. The normalized spacial score (nSPS) is 12.6. The Hall–Kier alpha value is -1.47. The highest BCUT2D eigenvalue weighted by molar-refractivity contribution is 7.92. The van der Waals surface area contributed by atoms with Gasteiger partial charge in [0.05, 0.1) is 19.1 Å². The van der Waals surface area contributed by atoms with Crippen LogP contribution in [-0.4, -0.2) is 39.8 Å². The van der Waals surface area contributed by atoms with Gasteiger partial charge in [-0.05, 0) is 50.3 Å². The fraction of sp³-hybridized carbons (Fsp3) is 0.650. The molecule has 0 spiro atoms. The van der Waals surface area contributed by atoms with E-state index in [0.29, 0.717) is 22.9 Å². The number of amides is 1. The molecule has 1 aromatic rings. The molecule has 28 heavy (non-hydrogen) atoms. The third-order valence-electron chi connectivity index (χ3n) is 4.03. The van der Waals surface area contributed by atoms with Crippen LogP contribution >= 0.6 is 11.6 Å². The van der Waals surface area contributed by atoms with Gasteiger partial charge >= 0.3 is 0 Å². The molecule has 1 aromatic carbocycles. The van der Waals surface area contributed by atoms with E-state index in [1.54, 1.807) is 18.2 Å². The lowest BCUT2D eigenvalue weighted by Gasteiger charge is -2.33. The van der Waals surface area contributed by atoms with E-state index < -0.39 is 10.0 Å². The average molecular weight is 433 g/mol. The average Bonchev–Trinajstić information content (AvgIpc) is 2.47. The van der Waals surface area contributed by atoms with E-state index in [4.69, 9.17) is 16.3 Å². The molecule has 0 aromatic heterocycles. The molecule has 6 nitrogen and oxygen atoms in total. The van der Waals surface area contributed by atoms with Crippen molar-refractivity contribution in [2.45, 2.75) is 59.4 Å². The van der Waals surface area contributed by atoms with Crippen molar-refractivity contribution >= 4 is 33.2 Å². The van der Waals surface area contributed by atoms with Crippen LogP contribution in [0.1, 0.15) is 53.9 Å². The van der Waals surface area contributed by atoms with Gasteiger partial charge in [-0.1, -0.05) is 32.4 Å². The van der Waals surface area contributed by atoms with Gasteiger partial charge in [-0.2, -0.15) is 0 Å². The Bertz CT molecular complexity index is 786. The first-order valence-corrected chi connectivity index (χ1v) is 11.5. The summed E-state index contributed by atoms with van der Waals surface area (Å²) < 4.78 is 31.1. The fourth-order valence-electron chi connectivity index (χ4n) is 3.52. The van der Waals surface area contributed by atoms with Crippen LogP contribution in [0, 0.1) is 5.41 Å². The van der Waals surface area contributed by atoms with Gasteiger partial charge < -0.3 is 10.1 Å². The van der Waals surface area contributed by atoms with Crippen molar-refractivity contribution in [3.05, 3.63) is 23.2 Å². The van der Waals surface area contributed by atoms with Crippen LogP contribution in [0.3, 0.4) is 0 Å². The van der Waals surface area contributed by atoms with E-state index in [9.17, 15) is 13.2 Å². The predicted octanol–water partition coefficient (Wildman–Crippen LogP) is 4.23. The third-order valence-corrected chi connectivity index (χ3v) is 5.44. The summed E-state index contributed by atoms with van der Waals surface area (Å²) in [6, 6.07) is 4.81. The molecule has 1 N–H and O–H groups in total. The van der Waals surface area contributed by atoms with Crippen LogP contribution in [0.5, 0.6) is 5.75 Å². The van der Waals surface area contributed by atoms with E-state index in [0.717, 1.165) is 12.7 Å². The maximum Gasteiger partial charge on any atom is 0.232 e. The van der Waals surface area contributed by atoms with Gasteiger partial charge in [0.25, 0.3) is 0 Å². The summed E-state index contributed by atoms with van der Waals surface area (Å²) >= 11 is 6.04. The Morgan fingerprint density at radius 1 is 1.21 bits per heavy atom. The van der Waals surface area contributed by atoms with Gasteiger partial charge in [0.1, 0.15) is 5.75 Å². The first-order chi connectivity index (χ1) is 12.6. The molecule has 0 aliphatic heterocycles.